The van der Waals surface area contributed by atoms with E-state index in [0.717, 1.165) is 43.3 Å². The molecular weight excluding hydrogens is 306 g/mol. The Morgan fingerprint density at radius 2 is 1.92 bits per heavy atom. The minimum Gasteiger partial charge on any atom is -0.376 e. The summed E-state index contributed by atoms with van der Waals surface area (Å²) in [6, 6.07) is 3.51. The van der Waals surface area contributed by atoms with Crippen molar-refractivity contribution < 1.29 is 9.53 Å². The van der Waals surface area contributed by atoms with Gasteiger partial charge in [0.15, 0.2) is 0 Å². The Bertz CT molecular complexity index is 729. The molecule has 0 unspecified atom stereocenters. The van der Waals surface area contributed by atoms with Crippen molar-refractivity contribution in [3.05, 3.63) is 47.5 Å². The zero-order valence-corrected chi connectivity index (χ0v) is 13.4. The number of pyridine rings is 1. The van der Waals surface area contributed by atoms with E-state index >= 15 is 0 Å². The van der Waals surface area contributed by atoms with Crippen LogP contribution in [0, 0.1) is 0 Å². The first-order chi connectivity index (χ1) is 11.8. The van der Waals surface area contributed by atoms with Gasteiger partial charge in [-0.1, -0.05) is 0 Å². The van der Waals surface area contributed by atoms with Crippen molar-refractivity contribution in [3.63, 3.8) is 0 Å². The number of hydrogen-bond acceptors (Lipinski definition) is 6. The molecule has 7 heteroatoms. The summed E-state index contributed by atoms with van der Waals surface area (Å²) in [5.74, 6) is 0.812. The summed E-state index contributed by atoms with van der Waals surface area (Å²) >= 11 is 0. The highest BCUT2D eigenvalue weighted by Crippen LogP contribution is 2.18. The SMILES string of the molecule is O=C(c1ccncc1)N1CCN(c2ncc3c(n2)CCOC3)CC1. The Kier molecular flexibility index (Phi) is 4.08. The standard InChI is InChI=1S/C17H19N5O2/c23-16(13-1-4-18-5-2-13)21-6-8-22(9-7-21)17-19-11-14-12-24-10-3-15(14)20-17/h1-2,4-5,11H,3,6-10,12H2. The Hall–Kier alpha value is -2.54. The first-order valence-corrected chi connectivity index (χ1v) is 8.18. The maximum atomic E-state index is 12.5. The molecule has 0 N–H and O–H groups in total. The van der Waals surface area contributed by atoms with E-state index in [-0.39, 0.29) is 5.91 Å². The molecule has 0 atom stereocenters. The molecule has 2 aliphatic heterocycles. The van der Waals surface area contributed by atoms with Gasteiger partial charge < -0.3 is 14.5 Å². The predicted molar refractivity (Wildman–Crippen MR) is 87.7 cm³/mol. The average Bonchev–Trinajstić information content (AvgIpc) is 2.68. The van der Waals surface area contributed by atoms with Gasteiger partial charge in [0, 0.05) is 62.3 Å². The van der Waals surface area contributed by atoms with Crippen LogP contribution in [0.5, 0.6) is 0 Å². The van der Waals surface area contributed by atoms with Crippen molar-refractivity contribution in [2.45, 2.75) is 13.0 Å². The summed E-state index contributed by atoms with van der Waals surface area (Å²) in [5.41, 5.74) is 2.85. The van der Waals surface area contributed by atoms with Gasteiger partial charge in [0.1, 0.15) is 0 Å². The number of anilines is 1. The highest BCUT2D eigenvalue weighted by Gasteiger charge is 2.24. The zero-order chi connectivity index (χ0) is 16.4. The molecule has 1 fully saturated rings. The molecule has 0 radical (unpaired) electrons. The predicted octanol–water partition coefficient (Wildman–Crippen LogP) is 0.907. The van der Waals surface area contributed by atoms with Crippen LogP contribution in [0.2, 0.25) is 0 Å². The van der Waals surface area contributed by atoms with E-state index in [9.17, 15) is 4.79 Å². The molecule has 4 heterocycles. The van der Waals surface area contributed by atoms with Gasteiger partial charge in [-0.05, 0) is 12.1 Å². The fraction of sp³-hybridized carbons (Fsp3) is 0.412. The van der Waals surface area contributed by atoms with E-state index in [1.807, 2.05) is 11.1 Å². The van der Waals surface area contributed by atoms with Gasteiger partial charge in [0.2, 0.25) is 5.95 Å². The average molecular weight is 325 g/mol. The molecule has 4 rings (SSSR count). The highest BCUT2D eigenvalue weighted by atomic mass is 16.5. The molecule has 0 bridgehead atoms. The summed E-state index contributed by atoms with van der Waals surface area (Å²) in [6.07, 6.45) is 6.00. The van der Waals surface area contributed by atoms with Crippen LogP contribution >= 0.6 is 0 Å². The maximum Gasteiger partial charge on any atom is 0.254 e. The molecule has 1 saturated heterocycles. The second-order valence-corrected chi connectivity index (χ2v) is 5.96. The molecule has 2 aromatic heterocycles. The van der Waals surface area contributed by atoms with Crippen molar-refractivity contribution in [3.8, 4) is 0 Å². The lowest BCUT2D eigenvalue weighted by Crippen LogP contribution is -2.49. The first kappa shape index (κ1) is 15.0. The minimum absolute atomic E-state index is 0.0561. The molecule has 7 nitrogen and oxygen atoms in total. The second-order valence-electron chi connectivity index (χ2n) is 5.96. The molecule has 1 amide bonds. The molecule has 124 valence electrons. The Labute approximate surface area is 140 Å². The van der Waals surface area contributed by atoms with Crippen LogP contribution in [0.3, 0.4) is 0 Å². The van der Waals surface area contributed by atoms with Crippen molar-refractivity contribution >= 4 is 11.9 Å². The third-order valence-corrected chi connectivity index (χ3v) is 4.46. The summed E-state index contributed by atoms with van der Waals surface area (Å²) < 4.78 is 5.42. The number of rotatable bonds is 2. The first-order valence-electron chi connectivity index (χ1n) is 8.18. The lowest BCUT2D eigenvalue weighted by molar-refractivity contribution is 0.0746. The van der Waals surface area contributed by atoms with E-state index in [1.54, 1.807) is 24.5 Å². The molecule has 24 heavy (non-hydrogen) atoms. The molecular formula is C17H19N5O2. The Morgan fingerprint density at radius 3 is 2.71 bits per heavy atom. The van der Waals surface area contributed by atoms with E-state index in [0.29, 0.717) is 25.3 Å². The van der Waals surface area contributed by atoms with Crippen LogP contribution in [0.1, 0.15) is 21.6 Å². The number of carbonyl (C=O) groups is 1. The minimum atomic E-state index is 0.0561. The fourth-order valence-electron chi connectivity index (χ4n) is 3.06. The van der Waals surface area contributed by atoms with Gasteiger partial charge in [-0.15, -0.1) is 0 Å². The Balaban J connectivity index is 1.42. The normalized spacial score (nSPS) is 17.5. The van der Waals surface area contributed by atoms with Crippen LogP contribution in [-0.4, -0.2) is 58.5 Å². The molecule has 0 aromatic carbocycles. The van der Waals surface area contributed by atoms with E-state index < -0.39 is 0 Å². The van der Waals surface area contributed by atoms with E-state index in [4.69, 9.17) is 4.74 Å². The monoisotopic (exact) mass is 325 g/mol. The van der Waals surface area contributed by atoms with Gasteiger partial charge in [-0.2, -0.15) is 0 Å². The molecule has 0 saturated carbocycles. The maximum absolute atomic E-state index is 12.5. The highest BCUT2D eigenvalue weighted by molar-refractivity contribution is 5.94. The van der Waals surface area contributed by atoms with Crippen molar-refractivity contribution in [1.29, 1.82) is 0 Å². The Morgan fingerprint density at radius 1 is 1.12 bits per heavy atom. The lowest BCUT2D eigenvalue weighted by atomic mass is 10.1. The number of hydrogen-bond donors (Lipinski definition) is 0. The van der Waals surface area contributed by atoms with Crippen molar-refractivity contribution in [2.24, 2.45) is 0 Å². The summed E-state index contributed by atoms with van der Waals surface area (Å²) in [4.78, 5) is 29.6. The summed E-state index contributed by atoms with van der Waals surface area (Å²) in [5, 5.41) is 0. The lowest BCUT2D eigenvalue weighted by Gasteiger charge is -2.35. The van der Waals surface area contributed by atoms with Gasteiger partial charge >= 0.3 is 0 Å². The van der Waals surface area contributed by atoms with Crippen LogP contribution in [0.25, 0.3) is 0 Å². The van der Waals surface area contributed by atoms with Crippen LogP contribution in [0.15, 0.2) is 30.7 Å². The molecule has 0 aliphatic carbocycles. The largest absolute Gasteiger partial charge is 0.376 e. The fourth-order valence-corrected chi connectivity index (χ4v) is 3.06. The number of fused-ring (bicyclic) bond motifs is 1. The van der Waals surface area contributed by atoms with Crippen LogP contribution in [0.4, 0.5) is 5.95 Å². The zero-order valence-electron chi connectivity index (χ0n) is 13.4. The summed E-state index contributed by atoms with van der Waals surface area (Å²) in [6.45, 7) is 4.15. The topological polar surface area (TPSA) is 71.5 Å². The third-order valence-electron chi connectivity index (χ3n) is 4.46. The van der Waals surface area contributed by atoms with E-state index in [1.165, 1.54) is 0 Å². The van der Waals surface area contributed by atoms with E-state index in [2.05, 4.69) is 19.9 Å². The van der Waals surface area contributed by atoms with Crippen molar-refractivity contribution in [2.75, 3.05) is 37.7 Å². The quantitative estimate of drug-likeness (QED) is 0.817. The van der Waals surface area contributed by atoms with Crippen LogP contribution in [-0.2, 0) is 17.8 Å². The number of aromatic nitrogens is 3. The third kappa shape index (κ3) is 2.94. The number of carbonyl (C=O) groups excluding carboxylic acids is 1. The number of amides is 1. The van der Waals surface area contributed by atoms with Crippen LogP contribution < -0.4 is 4.90 Å². The van der Waals surface area contributed by atoms with Gasteiger partial charge in [-0.3, -0.25) is 9.78 Å². The molecule has 2 aromatic rings. The number of ether oxygens (including phenoxy) is 1. The van der Waals surface area contributed by atoms with Gasteiger partial charge in [0.05, 0.1) is 18.9 Å². The second kappa shape index (κ2) is 6.52. The molecule has 0 spiro atoms. The molecule has 2 aliphatic rings. The smallest absolute Gasteiger partial charge is 0.254 e. The summed E-state index contributed by atoms with van der Waals surface area (Å²) in [7, 11) is 0. The number of nitrogens with zero attached hydrogens (tertiary/aromatic N) is 5. The van der Waals surface area contributed by atoms with Crippen molar-refractivity contribution in [1.82, 2.24) is 19.9 Å². The van der Waals surface area contributed by atoms with Gasteiger partial charge in [0.25, 0.3) is 5.91 Å². The number of piperazine rings is 1. The van der Waals surface area contributed by atoms with Gasteiger partial charge in [-0.25, -0.2) is 9.97 Å².